The smallest absolute Gasteiger partial charge is 0.297 e. The fraction of sp³-hybridized carbons (Fsp3) is 0.500. The van der Waals surface area contributed by atoms with Crippen LogP contribution in [0, 0.1) is 12.8 Å². The van der Waals surface area contributed by atoms with Gasteiger partial charge in [0.25, 0.3) is 10.1 Å². The molecule has 0 N–H and O–H groups in total. The molecule has 4 aliphatic heterocycles. The largest absolute Gasteiger partial charge is 0.374 e. The van der Waals surface area contributed by atoms with Crippen LogP contribution in [0.1, 0.15) is 32.3 Å². The number of hydrogen-bond acceptors (Lipinski definition) is 8. The van der Waals surface area contributed by atoms with Gasteiger partial charge in [0.2, 0.25) is 0 Å². The number of hydrogen-bond donors (Lipinski definition) is 0. The zero-order valence-corrected chi connectivity index (χ0v) is 20.7. The van der Waals surface area contributed by atoms with Crippen LogP contribution < -0.4 is 0 Å². The van der Waals surface area contributed by atoms with Crippen molar-refractivity contribution in [3.63, 3.8) is 0 Å². The van der Waals surface area contributed by atoms with E-state index in [0.29, 0.717) is 6.61 Å². The topological polar surface area (TPSA) is 80.6 Å². The number of amidine groups is 1. The van der Waals surface area contributed by atoms with Crippen LogP contribution in [-0.4, -0.2) is 61.1 Å². The summed E-state index contributed by atoms with van der Waals surface area (Å²) in [6.07, 6.45) is 7.45. The van der Waals surface area contributed by atoms with Crippen LogP contribution in [0.5, 0.6) is 0 Å². The van der Waals surface area contributed by atoms with Crippen molar-refractivity contribution in [2.24, 2.45) is 15.9 Å². The number of rotatable bonds is 6. The summed E-state index contributed by atoms with van der Waals surface area (Å²) in [6.45, 7) is 6.79. The predicted molar refractivity (Wildman–Crippen MR) is 131 cm³/mol. The molecule has 1 spiro atoms. The van der Waals surface area contributed by atoms with Crippen molar-refractivity contribution in [3.05, 3.63) is 53.6 Å². The van der Waals surface area contributed by atoms with E-state index in [9.17, 15) is 8.42 Å². The van der Waals surface area contributed by atoms with Gasteiger partial charge < -0.3 is 9.64 Å². The van der Waals surface area contributed by atoms with E-state index in [1.54, 1.807) is 36.0 Å². The molecule has 176 valence electrons. The lowest BCUT2D eigenvalue weighted by atomic mass is 9.96. The summed E-state index contributed by atoms with van der Waals surface area (Å²) < 4.78 is 36.5. The monoisotopic (exact) mass is 487 g/mol. The maximum atomic E-state index is 12.5. The molecule has 4 heterocycles. The minimum atomic E-state index is -3.79. The van der Waals surface area contributed by atoms with Crippen molar-refractivity contribution in [1.82, 2.24) is 4.90 Å². The Bertz CT molecular complexity index is 1130. The molecule has 33 heavy (non-hydrogen) atoms. The molecule has 7 nitrogen and oxygen atoms in total. The van der Waals surface area contributed by atoms with Gasteiger partial charge in [-0.1, -0.05) is 43.3 Å². The standard InChI is InChI=1S/C24H29N3O4S2/c1-16(2)23-26-24-21(11-13-32-24)25-12-10-22(24)27(23)18-6-7-19(30-14-18)15-31-33(28,29)20-8-4-17(3)5-9-20/h4-5,8-13,16,18-19,22H,6-7,14-15H2,1-3H3/t18-,19+,22?,24?/m0/s1. The molecule has 1 aromatic rings. The second kappa shape index (κ2) is 8.69. The zero-order chi connectivity index (χ0) is 23.2. The van der Waals surface area contributed by atoms with Gasteiger partial charge in [0.1, 0.15) is 5.84 Å². The highest BCUT2D eigenvalue weighted by atomic mass is 32.2. The summed E-state index contributed by atoms with van der Waals surface area (Å²) in [6, 6.07) is 6.95. The Labute approximate surface area is 199 Å². The molecule has 2 unspecified atom stereocenters. The first kappa shape index (κ1) is 22.8. The van der Waals surface area contributed by atoms with Gasteiger partial charge in [0, 0.05) is 12.1 Å². The Morgan fingerprint density at radius 1 is 1.27 bits per heavy atom. The fourth-order valence-electron chi connectivity index (χ4n) is 4.80. The van der Waals surface area contributed by atoms with Gasteiger partial charge in [0.15, 0.2) is 4.87 Å². The molecule has 0 saturated carbocycles. The second-order valence-electron chi connectivity index (χ2n) is 9.19. The maximum Gasteiger partial charge on any atom is 0.297 e. The van der Waals surface area contributed by atoms with Gasteiger partial charge in [-0.15, -0.1) is 0 Å². The minimum absolute atomic E-state index is 0.0257. The van der Waals surface area contributed by atoms with Crippen LogP contribution in [0.2, 0.25) is 0 Å². The molecule has 4 atom stereocenters. The SMILES string of the molecule is Cc1ccc(S(=O)(=O)OC[C@H]2CC[C@H](N3C(C(C)C)=NC45SC=CC4=NC=CC35)CO2)cc1. The van der Waals surface area contributed by atoms with Crippen molar-refractivity contribution >= 4 is 33.4 Å². The Morgan fingerprint density at radius 3 is 2.76 bits per heavy atom. The molecule has 0 bridgehead atoms. The van der Waals surface area contributed by atoms with Crippen molar-refractivity contribution in [2.45, 2.75) is 61.6 Å². The average Bonchev–Trinajstić information content (AvgIpc) is 3.38. The van der Waals surface area contributed by atoms with Crippen LogP contribution in [0.15, 0.2) is 62.9 Å². The maximum absolute atomic E-state index is 12.5. The van der Waals surface area contributed by atoms with E-state index >= 15 is 0 Å². The molecular formula is C24H29N3O4S2. The van der Waals surface area contributed by atoms with E-state index in [2.05, 4.69) is 41.3 Å². The summed E-state index contributed by atoms with van der Waals surface area (Å²) in [5, 5.41) is 2.09. The fourth-order valence-corrected chi connectivity index (χ4v) is 6.86. The highest BCUT2D eigenvalue weighted by Crippen LogP contribution is 2.48. The molecular weight excluding hydrogens is 458 g/mol. The molecule has 0 amide bonds. The van der Waals surface area contributed by atoms with Crippen molar-refractivity contribution in [1.29, 1.82) is 0 Å². The molecule has 4 aliphatic rings. The van der Waals surface area contributed by atoms with Crippen molar-refractivity contribution in [3.8, 4) is 0 Å². The van der Waals surface area contributed by atoms with Gasteiger partial charge in [-0.2, -0.15) is 8.42 Å². The van der Waals surface area contributed by atoms with E-state index in [1.807, 2.05) is 13.1 Å². The third-order valence-electron chi connectivity index (χ3n) is 6.54. The van der Waals surface area contributed by atoms with Gasteiger partial charge in [-0.25, -0.2) is 4.99 Å². The molecule has 0 aromatic heterocycles. The first-order valence-electron chi connectivity index (χ1n) is 11.4. The van der Waals surface area contributed by atoms with Crippen LogP contribution in [-0.2, 0) is 19.0 Å². The van der Waals surface area contributed by atoms with Crippen LogP contribution in [0.25, 0.3) is 0 Å². The Morgan fingerprint density at radius 2 is 2.06 bits per heavy atom. The number of ether oxygens (including phenoxy) is 1. The predicted octanol–water partition coefficient (Wildman–Crippen LogP) is 3.91. The van der Waals surface area contributed by atoms with Crippen molar-refractivity contribution < 1.29 is 17.3 Å². The van der Waals surface area contributed by atoms with Gasteiger partial charge in [-0.05, 0) is 49.5 Å². The third-order valence-corrected chi connectivity index (χ3v) is 9.01. The Balaban J connectivity index is 1.24. The van der Waals surface area contributed by atoms with E-state index in [1.165, 1.54) is 0 Å². The number of nitrogens with zero attached hydrogens (tertiary/aromatic N) is 3. The van der Waals surface area contributed by atoms with Gasteiger partial charge >= 0.3 is 0 Å². The number of aliphatic imine (C=N–C) groups is 2. The van der Waals surface area contributed by atoms with Crippen LogP contribution in [0.3, 0.4) is 0 Å². The van der Waals surface area contributed by atoms with Crippen LogP contribution >= 0.6 is 11.8 Å². The highest BCUT2D eigenvalue weighted by Gasteiger charge is 2.55. The van der Waals surface area contributed by atoms with E-state index in [-0.39, 0.29) is 35.6 Å². The first-order valence-corrected chi connectivity index (χ1v) is 13.6. The molecule has 1 aromatic carbocycles. The summed E-state index contributed by atoms with van der Waals surface area (Å²) in [5.74, 6) is 1.36. The molecule has 0 aliphatic carbocycles. The molecule has 5 rings (SSSR count). The summed E-state index contributed by atoms with van der Waals surface area (Å²) >= 11 is 1.72. The lowest BCUT2D eigenvalue weighted by Gasteiger charge is -2.42. The molecule has 0 radical (unpaired) electrons. The number of aryl methyl sites for hydroxylation is 1. The van der Waals surface area contributed by atoms with Gasteiger partial charge in [-0.3, -0.25) is 9.18 Å². The van der Waals surface area contributed by atoms with E-state index < -0.39 is 15.0 Å². The number of thioether (sulfide) groups is 1. The zero-order valence-electron chi connectivity index (χ0n) is 19.0. The van der Waals surface area contributed by atoms with Crippen molar-refractivity contribution in [2.75, 3.05) is 13.2 Å². The van der Waals surface area contributed by atoms with E-state index in [0.717, 1.165) is 30.0 Å². The Kier molecular flexibility index (Phi) is 6.01. The average molecular weight is 488 g/mol. The van der Waals surface area contributed by atoms with E-state index in [4.69, 9.17) is 13.9 Å². The van der Waals surface area contributed by atoms with Gasteiger partial charge in [0.05, 0.1) is 42.0 Å². The lowest BCUT2D eigenvalue weighted by Crippen LogP contribution is -2.55. The lowest BCUT2D eigenvalue weighted by molar-refractivity contribution is -0.0434. The normalized spacial score (nSPS) is 30.9. The summed E-state index contributed by atoms with van der Waals surface area (Å²) in [5.41, 5.74) is 2.01. The molecule has 1 saturated heterocycles. The Hall–Kier alpha value is -1.94. The number of benzene rings is 1. The highest BCUT2D eigenvalue weighted by molar-refractivity contribution is 8.04. The first-order chi connectivity index (χ1) is 15.8. The molecule has 9 heteroatoms. The molecule has 1 fully saturated rings. The summed E-state index contributed by atoms with van der Waals surface area (Å²) in [4.78, 5) is 12.0. The summed E-state index contributed by atoms with van der Waals surface area (Å²) in [7, 11) is -3.79. The minimum Gasteiger partial charge on any atom is -0.374 e. The quantitative estimate of drug-likeness (QED) is 0.566. The third kappa shape index (κ3) is 4.09. The van der Waals surface area contributed by atoms with Crippen LogP contribution in [0.4, 0.5) is 0 Å². The second-order valence-corrected chi connectivity index (χ2v) is 11.9.